The number of nitrogens with zero attached hydrogens (tertiary/aromatic N) is 1. The van der Waals surface area contributed by atoms with Crippen LogP contribution in [0.4, 0.5) is 10.1 Å². The minimum Gasteiger partial charge on any atom is -0.396 e. The second-order valence-electron chi connectivity index (χ2n) is 3.19. The first-order chi connectivity index (χ1) is 6.65. The third-order valence-electron chi connectivity index (χ3n) is 1.94. The van der Waals surface area contributed by atoms with Crippen molar-refractivity contribution in [3.05, 3.63) is 29.6 Å². The van der Waals surface area contributed by atoms with Crippen LogP contribution in [-0.2, 0) is 6.54 Å². The Morgan fingerprint density at radius 2 is 2.29 bits per heavy atom. The lowest BCUT2D eigenvalue weighted by molar-refractivity contribution is 0.369. The molecule has 0 spiro atoms. The van der Waals surface area contributed by atoms with Crippen molar-refractivity contribution in [2.45, 2.75) is 6.54 Å². The van der Waals surface area contributed by atoms with Crippen LogP contribution in [0.15, 0.2) is 18.2 Å². The van der Waals surface area contributed by atoms with Crippen LogP contribution in [0, 0.1) is 18.2 Å². The van der Waals surface area contributed by atoms with E-state index in [1.165, 1.54) is 6.07 Å². The van der Waals surface area contributed by atoms with Gasteiger partial charge in [-0.2, -0.15) is 0 Å². The van der Waals surface area contributed by atoms with Gasteiger partial charge in [0.15, 0.2) is 0 Å². The van der Waals surface area contributed by atoms with Crippen molar-refractivity contribution in [1.82, 2.24) is 4.90 Å². The molecule has 0 heterocycles. The normalized spacial score (nSPS) is 10.1. The van der Waals surface area contributed by atoms with E-state index >= 15 is 0 Å². The Morgan fingerprint density at radius 1 is 1.57 bits per heavy atom. The molecule has 0 atom stereocenters. The zero-order valence-electron chi connectivity index (χ0n) is 8.13. The van der Waals surface area contributed by atoms with Crippen LogP contribution in [0.1, 0.15) is 5.56 Å². The number of nitrogens with two attached hydrogens (primary N) is 1. The zero-order valence-corrected chi connectivity index (χ0v) is 8.13. The predicted octanol–water partition coefficient (Wildman–Crippen LogP) is 1.47. The van der Waals surface area contributed by atoms with Crippen LogP contribution in [0.25, 0.3) is 0 Å². The van der Waals surface area contributed by atoms with E-state index in [-0.39, 0.29) is 11.5 Å². The van der Waals surface area contributed by atoms with Crippen molar-refractivity contribution in [3.63, 3.8) is 0 Å². The van der Waals surface area contributed by atoms with Gasteiger partial charge in [-0.25, -0.2) is 4.39 Å². The summed E-state index contributed by atoms with van der Waals surface area (Å²) in [5.74, 6) is 2.14. The maximum atomic E-state index is 13.0. The highest BCUT2D eigenvalue weighted by molar-refractivity contribution is 5.47. The molecule has 1 aromatic rings. The van der Waals surface area contributed by atoms with Gasteiger partial charge < -0.3 is 5.73 Å². The topological polar surface area (TPSA) is 29.3 Å². The maximum Gasteiger partial charge on any atom is 0.146 e. The van der Waals surface area contributed by atoms with Crippen LogP contribution >= 0.6 is 0 Å². The summed E-state index contributed by atoms with van der Waals surface area (Å²) < 4.78 is 13.0. The molecule has 0 aliphatic heterocycles. The van der Waals surface area contributed by atoms with Crippen molar-refractivity contribution in [2.24, 2.45) is 0 Å². The highest BCUT2D eigenvalue weighted by Gasteiger charge is 2.05. The summed E-state index contributed by atoms with van der Waals surface area (Å²) >= 11 is 0. The maximum absolute atomic E-state index is 13.0. The largest absolute Gasteiger partial charge is 0.396 e. The van der Waals surface area contributed by atoms with Gasteiger partial charge in [0, 0.05) is 6.54 Å². The summed E-state index contributed by atoms with van der Waals surface area (Å²) in [4.78, 5) is 1.89. The number of halogens is 1. The van der Waals surface area contributed by atoms with Gasteiger partial charge in [-0.1, -0.05) is 18.1 Å². The highest BCUT2D eigenvalue weighted by Crippen LogP contribution is 2.16. The Kier molecular flexibility index (Phi) is 3.49. The van der Waals surface area contributed by atoms with Gasteiger partial charge in [-0.05, 0) is 18.7 Å². The molecule has 0 unspecified atom stereocenters. The lowest BCUT2D eigenvalue weighted by Gasteiger charge is -2.14. The quantitative estimate of drug-likeness (QED) is 0.580. The van der Waals surface area contributed by atoms with Gasteiger partial charge in [0.05, 0.1) is 12.2 Å². The molecule has 0 bridgehead atoms. The summed E-state index contributed by atoms with van der Waals surface area (Å²) in [5, 5.41) is 0. The van der Waals surface area contributed by atoms with Crippen LogP contribution in [-0.4, -0.2) is 18.5 Å². The molecule has 2 N–H and O–H groups in total. The van der Waals surface area contributed by atoms with Crippen molar-refractivity contribution in [2.75, 3.05) is 19.3 Å². The molecule has 0 radical (unpaired) electrons. The number of benzene rings is 1. The van der Waals surface area contributed by atoms with Gasteiger partial charge in [0.25, 0.3) is 0 Å². The van der Waals surface area contributed by atoms with E-state index in [4.69, 9.17) is 12.2 Å². The molecule has 1 rings (SSSR count). The molecule has 74 valence electrons. The molecule has 2 nitrogen and oxygen atoms in total. The number of hydrogen-bond donors (Lipinski definition) is 1. The Hall–Kier alpha value is -1.53. The van der Waals surface area contributed by atoms with E-state index in [0.717, 1.165) is 5.56 Å². The van der Waals surface area contributed by atoms with Crippen molar-refractivity contribution in [3.8, 4) is 12.3 Å². The molecule has 0 saturated heterocycles. The Morgan fingerprint density at radius 3 is 2.93 bits per heavy atom. The van der Waals surface area contributed by atoms with Crippen LogP contribution < -0.4 is 5.73 Å². The summed E-state index contributed by atoms with van der Waals surface area (Å²) in [6, 6.07) is 4.79. The van der Waals surface area contributed by atoms with Crippen molar-refractivity contribution in [1.29, 1.82) is 0 Å². The summed E-state index contributed by atoms with van der Waals surface area (Å²) in [5.41, 5.74) is 6.55. The number of hydrogen-bond acceptors (Lipinski definition) is 2. The predicted molar refractivity (Wildman–Crippen MR) is 56.0 cm³/mol. The van der Waals surface area contributed by atoms with Crippen molar-refractivity contribution >= 4 is 5.69 Å². The molecule has 3 heteroatoms. The van der Waals surface area contributed by atoms with E-state index in [1.807, 2.05) is 11.9 Å². The fraction of sp³-hybridized carbons (Fsp3) is 0.273. The zero-order chi connectivity index (χ0) is 10.6. The van der Waals surface area contributed by atoms with E-state index in [1.54, 1.807) is 12.1 Å². The number of rotatable bonds is 3. The first-order valence-corrected chi connectivity index (χ1v) is 4.30. The molecule has 0 amide bonds. The number of para-hydroxylation sites is 1. The summed E-state index contributed by atoms with van der Waals surface area (Å²) in [6.45, 7) is 1.09. The van der Waals surface area contributed by atoms with Gasteiger partial charge in [0.2, 0.25) is 0 Å². The Balaban J connectivity index is 2.77. The fourth-order valence-electron chi connectivity index (χ4n) is 1.22. The average Bonchev–Trinajstić information content (AvgIpc) is 2.13. The van der Waals surface area contributed by atoms with Gasteiger partial charge in [0.1, 0.15) is 5.82 Å². The van der Waals surface area contributed by atoms with Crippen LogP contribution in [0.5, 0.6) is 0 Å². The van der Waals surface area contributed by atoms with Crippen LogP contribution in [0.3, 0.4) is 0 Å². The molecular weight excluding hydrogens is 179 g/mol. The SMILES string of the molecule is C#CCN(C)Cc1cccc(F)c1N. The molecule has 0 aliphatic carbocycles. The van der Waals surface area contributed by atoms with E-state index in [9.17, 15) is 4.39 Å². The summed E-state index contributed by atoms with van der Waals surface area (Å²) in [7, 11) is 1.87. The molecular formula is C11H13FN2. The molecule has 0 saturated carbocycles. The standard InChI is InChI=1S/C11H13FN2/c1-3-7-14(2)8-9-5-4-6-10(12)11(9)13/h1,4-6H,7-8,13H2,2H3. The van der Waals surface area contributed by atoms with Gasteiger partial charge in [-0.15, -0.1) is 6.42 Å². The number of terminal acetylenes is 1. The van der Waals surface area contributed by atoms with Gasteiger partial charge >= 0.3 is 0 Å². The lowest BCUT2D eigenvalue weighted by Crippen LogP contribution is -2.18. The average molecular weight is 192 g/mol. The van der Waals surface area contributed by atoms with Crippen molar-refractivity contribution < 1.29 is 4.39 Å². The number of nitrogen functional groups attached to an aromatic ring is 1. The first kappa shape index (κ1) is 10.6. The first-order valence-electron chi connectivity index (χ1n) is 4.30. The monoisotopic (exact) mass is 192 g/mol. The van der Waals surface area contributed by atoms with Gasteiger partial charge in [-0.3, -0.25) is 4.90 Å². The highest BCUT2D eigenvalue weighted by atomic mass is 19.1. The smallest absolute Gasteiger partial charge is 0.146 e. The Labute approximate surface area is 83.5 Å². The third-order valence-corrected chi connectivity index (χ3v) is 1.94. The van der Waals surface area contributed by atoms with E-state index in [0.29, 0.717) is 13.1 Å². The second kappa shape index (κ2) is 4.64. The Bertz CT molecular complexity index is 355. The summed E-state index contributed by atoms with van der Waals surface area (Å²) in [6.07, 6.45) is 5.15. The molecule has 0 fully saturated rings. The van der Waals surface area contributed by atoms with E-state index in [2.05, 4.69) is 5.92 Å². The molecule has 1 aromatic carbocycles. The van der Waals surface area contributed by atoms with E-state index < -0.39 is 0 Å². The second-order valence-corrected chi connectivity index (χ2v) is 3.19. The minimum absolute atomic E-state index is 0.205. The molecule has 14 heavy (non-hydrogen) atoms. The third kappa shape index (κ3) is 2.48. The minimum atomic E-state index is -0.378. The van der Waals surface area contributed by atoms with Crippen LogP contribution in [0.2, 0.25) is 0 Å². The number of anilines is 1. The molecule has 0 aromatic heterocycles. The fourth-order valence-corrected chi connectivity index (χ4v) is 1.22. The lowest BCUT2D eigenvalue weighted by atomic mass is 10.1. The molecule has 0 aliphatic rings.